The van der Waals surface area contributed by atoms with Crippen LogP contribution in [-0.2, 0) is 16.6 Å². The molecule has 0 aromatic carbocycles. The number of hydrogen-bond acceptors (Lipinski definition) is 3. The van der Waals surface area contributed by atoms with Crippen molar-refractivity contribution in [2.24, 2.45) is 0 Å². The molecule has 1 aromatic heterocycles. The molecule has 1 aromatic rings. The van der Waals surface area contributed by atoms with Crippen LogP contribution in [-0.4, -0.2) is 21.0 Å². The van der Waals surface area contributed by atoms with E-state index in [2.05, 4.69) is 9.97 Å². The maximum absolute atomic E-state index is 11.5. The third-order valence-electron chi connectivity index (χ3n) is 3.38. The molecule has 4 heteroatoms. The van der Waals surface area contributed by atoms with Gasteiger partial charge in [0.15, 0.2) is 0 Å². The fourth-order valence-electron chi connectivity index (χ4n) is 2.39. The van der Waals surface area contributed by atoms with Crippen LogP contribution < -0.4 is 0 Å². The fourth-order valence-corrected chi connectivity index (χ4v) is 2.39. The fraction of sp³-hybridized carbons (Fsp3) is 0.583. The first-order valence-electron chi connectivity index (χ1n) is 5.75. The second-order valence-corrected chi connectivity index (χ2v) is 4.31. The van der Waals surface area contributed by atoms with E-state index in [0.717, 1.165) is 25.1 Å². The molecule has 0 unspecified atom stereocenters. The van der Waals surface area contributed by atoms with Gasteiger partial charge in [-0.05, 0) is 18.9 Å². The van der Waals surface area contributed by atoms with Crippen LogP contribution >= 0.6 is 0 Å². The van der Waals surface area contributed by atoms with Crippen molar-refractivity contribution in [3.05, 3.63) is 23.8 Å². The summed E-state index contributed by atoms with van der Waals surface area (Å²) < 4.78 is 0. The minimum atomic E-state index is -0.757. The van der Waals surface area contributed by atoms with Gasteiger partial charge in [-0.3, -0.25) is 4.79 Å². The van der Waals surface area contributed by atoms with Crippen molar-refractivity contribution in [1.29, 1.82) is 0 Å². The molecule has 0 saturated heterocycles. The summed E-state index contributed by atoms with van der Waals surface area (Å²) in [5.74, 6) is -0.0178. The maximum atomic E-state index is 11.5. The van der Waals surface area contributed by atoms with Gasteiger partial charge in [-0.2, -0.15) is 0 Å². The lowest BCUT2D eigenvalue weighted by Crippen LogP contribution is -2.33. The smallest absolute Gasteiger partial charge is 0.315 e. The Hall–Kier alpha value is -1.45. The van der Waals surface area contributed by atoms with Gasteiger partial charge in [0, 0.05) is 12.6 Å². The van der Waals surface area contributed by atoms with E-state index in [0.29, 0.717) is 18.5 Å². The molecule has 0 spiro atoms. The standard InChI is InChI=1S/C12H16N2O2/c1-2-10-13-8-5-9(14-10)12(11(15)16)6-3-4-7-12/h5,8H,2-4,6-7H2,1H3,(H,15,16). The average Bonchev–Trinajstić information content (AvgIpc) is 2.79. The number of carbonyl (C=O) groups is 1. The van der Waals surface area contributed by atoms with Crippen molar-refractivity contribution in [1.82, 2.24) is 9.97 Å². The molecule has 0 amide bonds. The Kier molecular flexibility index (Phi) is 2.90. The molecule has 1 N–H and O–H groups in total. The number of hydrogen-bond donors (Lipinski definition) is 1. The topological polar surface area (TPSA) is 63.1 Å². The summed E-state index contributed by atoms with van der Waals surface area (Å²) in [5, 5.41) is 9.42. The lowest BCUT2D eigenvalue weighted by Gasteiger charge is -2.23. The van der Waals surface area contributed by atoms with E-state index in [1.807, 2.05) is 6.92 Å². The van der Waals surface area contributed by atoms with Gasteiger partial charge in [-0.1, -0.05) is 19.8 Å². The molecule has 4 nitrogen and oxygen atoms in total. The van der Waals surface area contributed by atoms with E-state index >= 15 is 0 Å². The first-order chi connectivity index (χ1) is 7.69. The highest BCUT2D eigenvalue weighted by atomic mass is 16.4. The third kappa shape index (κ3) is 1.68. The Labute approximate surface area is 94.7 Å². The van der Waals surface area contributed by atoms with Crippen molar-refractivity contribution in [2.75, 3.05) is 0 Å². The number of carboxylic acids is 1. The first-order valence-corrected chi connectivity index (χ1v) is 5.75. The van der Waals surface area contributed by atoms with Crippen molar-refractivity contribution < 1.29 is 9.90 Å². The van der Waals surface area contributed by atoms with Crippen molar-refractivity contribution in [3.63, 3.8) is 0 Å². The molecule has 1 saturated carbocycles. The summed E-state index contributed by atoms with van der Waals surface area (Å²) in [5.41, 5.74) is -0.0725. The van der Waals surface area contributed by atoms with Crippen LogP contribution in [0.5, 0.6) is 0 Å². The van der Waals surface area contributed by atoms with E-state index in [9.17, 15) is 9.90 Å². The molecular weight excluding hydrogens is 204 g/mol. The maximum Gasteiger partial charge on any atom is 0.315 e. The molecule has 1 aliphatic rings. The average molecular weight is 220 g/mol. The van der Waals surface area contributed by atoms with Crippen LogP contribution in [0.2, 0.25) is 0 Å². The second kappa shape index (κ2) is 4.20. The molecule has 0 radical (unpaired) electrons. The molecule has 1 heterocycles. The van der Waals surface area contributed by atoms with Crippen LogP contribution in [0.15, 0.2) is 12.3 Å². The van der Waals surface area contributed by atoms with E-state index in [1.165, 1.54) is 0 Å². The molecule has 2 rings (SSSR count). The van der Waals surface area contributed by atoms with Crippen LogP contribution in [0.25, 0.3) is 0 Å². The van der Waals surface area contributed by atoms with Crippen LogP contribution in [0, 0.1) is 0 Å². The van der Waals surface area contributed by atoms with E-state index < -0.39 is 11.4 Å². The van der Waals surface area contributed by atoms with E-state index in [4.69, 9.17) is 0 Å². The molecule has 86 valence electrons. The summed E-state index contributed by atoms with van der Waals surface area (Å²) in [7, 11) is 0. The Balaban J connectivity index is 2.43. The highest BCUT2D eigenvalue weighted by Crippen LogP contribution is 2.40. The third-order valence-corrected chi connectivity index (χ3v) is 3.38. The van der Waals surface area contributed by atoms with E-state index in [-0.39, 0.29) is 0 Å². The summed E-state index contributed by atoms with van der Waals surface area (Å²) in [6.07, 6.45) is 5.74. The zero-order chi connectivity index (χ0) is 11.6. The van der Waals surface area contributed by atoms with Gasteiger partial charge < -0.3 is 5.11 Å². The predicted molar refractivity (Wildman–Crippen MR) is 59.2 cm³/mol. The molecule has 0 atom stereocenters. The predicted octanol–water partition coefficient (Wildman–Crippen LogP) is 1.94. The van der Waals surface area contributed by atoms with Crippen LogP contribution in [0.1, 0.15) is 44.1 Å². The lowest BCUT2D eigenvalue weighted by molar-refractivity contribution is -0.143. The number of carboxylic acid groups (broad SMARTS) is 1. The molecule has 0 aliphatic heterocycles. The summed E-state index contributed by atoms with van der Waals surface area (Å²) in [4.78, 5) is 20.0. The largest absolute Gasteiger partial charge is 0.481 e. The molecule has 16 heavy (non-hydrogen) atoms. The second-order valence-electron chi connectivity index (χ2n) is 4.31. The Morgan fingerprint density at radius 2 is 2.19 bits per heavy atom. The van der Waals surface area contributed by atoms with Gasteiger partial charge in [0.2, 0.25) is 0 Å². The van der Waals surface area contributed by atoms with Crippen molar-refractivity contribution in [2.45, 2.75) is 44.4 Å². The highest BCUT2D eigenvalue weighted by molar-refractivity contribution is 5.81. The Morgan fingerprint density at radius 1 is 1.50 bits per heavy atom. The number of aromatic nitrogens is 2. The van der Waals surface area contributed by atoms with Gasteiger partial charge in [-0.25, -0.2) is 9.97 Å². The van der Waals surface area contributed by atoms with Crippen LogP contribution in [0.4, 0.5) is 0 Å². The van der Waals surface area contributed by atoms with Gasteiger partial charge in [-0.15, -0.1) is 0 Å². The SMILES string of the molecule is CCc1nccc(C2(C(=O)O)CCCC2)n1. The van der Waals surface area contributed by atoms with Crippen molar-refractivity contribution >= 4 is 5.97 Å². The first kappa shape index (κ1) is 11.0. The van der Waals surface area contributed by atoms with E-state index in [1.54, 1.807) is 12.3 Å². The molecular formula is C12H16N2O2. The Bertz CT molecular complexity index is 398. The van der Waals surface area contributed by atoms with Gasteiger partial charge in [0.1, 0.15) is 11.2 Å². The summed E-state index contributed by atoms with van der Waals surface area (Å²) >= 11 is 0. The highest BCUT2D eigenvalue weighted by Gasteiger charge is 2.44. The lowest BCUT2D eigenvalue weighted by atomic mass is 9.82. The minimum Gasteiger partial charge on any atom is -0.481 e. The van der Waals surface area contributed by atoms with Gasteiger partial charge in [0.25, 0.3) is 0 Å². The summed E-state index contributed by atoms with van der Waals surface area (Å²) in [6, 6.07) is 1.75. The van der Waals surface area contributed by atoms with Gasteiger partial charge >= 0.3 is 5.97 Å². The monoisotopic (exact) mass is 220 g/mol. The van der Waals surface area contributed by atoms with Crippen LogP contribution in [0.3, 0.4) is 0 Å². The van der Waals surface area contributed by atoms with Crippen molar-refractivity contribution in [3.8, 4) is 0 Å². The quantitative estimate of drug-likeness (QED) is 0.845. The zero-order valence-corrected chi connectivity index (χ0v) is 9.44. The molecule has 1 fully saturated rings. The molecule has 0 bridgehead atoms. The minimum absolute atomic E-state index is 0.685. The Morgan fingerprint density at radius 3 is 2.75 bits per heavy atom. The number of nitrogens with zero attached hydrogens (tertiary/aromatic N) is 2. The normalized spacial score (nSPS) is 18.6. The number of aliphatic carboxylic acids is 1. The zero-order valence-electron chi connectivity index (χ0n) is 9.44. The summed E-state index contributed by atoms with van der Waals surface area (Å²) in [6.45, 7) is 1.97. The van der Waals surface area contributed by atoms with Gasteiger partial charge in [0.05, 0.1) is 5.69 Å². The number of aryl methyl sites for hydroxylation is 1. The molecule has 1 aliphatic carbocycles. The number of rotatable bonds is 3.